The van der Waals surface area contributed by atoms with Crippen LogP contribution in [0.3, 0.4) is 0 Å². The number of amides is 1. The summed E-state index contributed by atoms with van der Waals surface area (Å²) in [6.45, 7) is 5.22. The third kappa shape index (κ3) is 3.65. The average molecular weight is 375 g/mol. The molecule has 0 bridgehead atoms. The van der Waals surface area contributed by atoms with Crippen LogP contribution in [0.5, 0.6) is 0 Å². The molecule has 0 unspecified atom stereocenters. The van der Waals surface area contributed by atoms with Gasteiger partial charge in [-0.1, -0.05) is 24.3 Å². The minimum atomic E-state index is -0.233. The summed E-state index contributed by atoms with van der Waals surface area (Å²) in [4.78, 5) is 23.7. The van der Waals surface area contributed by atoms with Gasteiger partial charge in [0, 0.05) is 36.3 Å². The van der Waals surface area contributed by atoms with Crippen molar-refractivity contribution in [2.45, 2.75) is 26.2 Å². The summed E-state index contributed by atoms with van der Waals surface area (Å²) in [6.07, 6.45) is 2.65. The van der Waals surface area contributed by atoms with E-state index in [0.29, 0.717) is 18.7 Å². The van der Waals surface area contributed by atoms with Gasteiger partial charge in [0.1, 0.15) is 5.82 Å². The number of aryl methyl sites for hydroxylation is 2. The smallest absolute Gasteiger partial charge is 0.253 e. The Bertz CT molecular complexity index is 999. The molecule has 5 heteroatoms. The first-order chi connectivity index (χ1) is 13.5. The zero-order chi connectivity index (χ0) is 19.7. The van der Waals surface area contributed by atoms with Gasteiger partial charge in [0.15, 0.2) is 0 Å². The van der Waals surface area contributed by atoms with Crippen LogP contribution in [0.1, 0.15) is 39.6 Å². The number of carbonyl (C=O) groups is 1. The van der Waals surface area contributed by atoms with Crippen LogP contribution in [0.4, 0.5) is 4.39 Å². The van der Waals surface area contributed by atoms with E-state index in [1.165, 1.54) is 12.1 Å². The van der Waals surface area contributed by atoms with E-state index >= 15 is 0 Å². The molecule has 0 N–H and O–H groups in total. The van der Waals surface area contributed by atoms with Crippen molar-refractivity contribution in [2.24, 2.45) is 0 Å². The van der Waals surface area contributed by atoms with E-state index < -0.39 is 0 Å². The van der Waals surface area contributed by atoms with Crippen molar-refractivity contribution in [1.82, 2.24) is 14.9 Å². The molecule has 142 valence electrons. The summed E-state index contributed by atoms with van der Waals surface area (Å²) < 4.78 is 13.1. The van der Waals surface area contributed by atoms with E-state index in [-0.39, 0.29) is 17.6 Å². The summed E-state index contributed by atoms with van der Waals surface area (Å²) in [7, 11) is 0. The zero-order valence-electron chi connectivity index (χ0n) is 16.0. The van der Waals surface area contributed by atoms with E-state index in [1.807, 2.05) is 55.1 Å². The number of aromatic nitrogens is 2. The Morgan fingerprint density at radius 1 is 1.07 bits per heavy atom. The molecule has 1 atom stereocenters. The maximum Gasteiger partial charge on any atom is 0.253 e. The van der Waals surface area contributed by atoms with Crippen molar-refractivity contribution in [2.75, 3.05) is 13.1 Å². The van der Waals surface area contributed by atoms with Crippen molar-refractivity contribution >= 4 is 5.91 Å². The summed E-state index contributed by atoms with van der Waals surface area (Å²) >= 11 is 0. The fourth-order valence-electron chi connectivity index (χ4n) is 3.72. The molecule has 4 nitrogen and oxygen atoms in total. The highest BCUT2D eigenvalue weighted by molar-refractivity contribution is 5.95. The molecule has 4 rings (SSSR count). The highest BCUT2D eigenvalue weighted by Crippen LogP contribution is 2.29. The maximum atomic E-state index is 13.1. The molecule has 0 saturated carbocycles. The third-order valence-corrected chi connectivity index (χ3v) is 5.30. The Hall–Kier alpha value is -3.08. The van der Waals surface area contributed by atoms with E-state index in [9.17, 15) is 9.18 Å². The van der Waals surface area contributed by atoms with Gasteiger partial charge in [-0.05, 0) is 50.1 Å². The molecular weight excluding hydrogens is 353 g/mol. The molecule has 1 aromatic heterocycles. The standard InChI is InChI=1S/C23H22FN3O/c1-15-13-25-16(2)22(26-15)18-3-5-19(6-4-18)23(28)27-12-11-20(14-27)17-7-9-21(24)10-8-17/h3-10,13,20H,11-12,14H2,1-2H3/t20-/m0/s1. The van der Waals surface area contributed by atoms with Gasteiger partial charge in [0.05, 0.1) is 17.1 Å². The molecule has 0 spiro atoms. The van der Waals surface area contributed by atoms with Crippen molar-refractivity contribution < 1.29 is 9.18 Å². The van der Waals surface area contributed by atoms with Crippen LogP contribution >= 0.6 is 0 Å². The fourth-order valence-corrected chi connectivity index (χ4v) is 3.72. The zero-order valence-corrected chi connectivity index (χ0v) is 16.0. The normalized spacial score (nSPS) is 16.4. The number of benzene rings is 2. The van der Waals surface area contributed by atoms with Gasteiger partial charge < -0.3 is 4.90 Å². The lowest BCUT2D eigenvalue weighted by Gasteiger charge is -2.17. The molecule has 2 heterocycles. The molecule has 0 radical (unpaired) electrons. The second kappa shape index (κ2) is 7.50. The highest BCUT2D eigenvalue weighted by Gasteiger charge is 2.28. The first kappa shape index (κ1) is 18.3. The van der Waals surface area contributed by atoms with Crippen molar-refractivity contribution in [1.29, 1.82) is 0 Å². The van der Waals surface area contributed by atoms with Crippen LogP contribution < -0.4 is 0 Å². The van der Waals surface area contributed by atoms with E-state index in [0.717, 1.165) is 34.6 Å². The monoisotopic (exact) mass is 375 g/mol. The molecule has 1 aliphatic heterocycles. The number of hydrogen-bond donors (Lipinski definition) is 0. The predicted molar refractivity (Wildman–Crippen MR) is 107 cm³/mol. The molecule has 28 heavy (non-hydrogen) atoms. The summed E-state index contributed by atoms with van der Waals surface area (Å²) in [5.74, 6) is 0.0561. The topological polar surface area (TPSA) is 46.1 Å². The fraction of sp³-hybridized carbons (Fsp3) is 0.261. The molecule has 3 aromatic rings. The second-order valence-electron chi connectivity index (χ2n) is 7.31. The molecule has 1 amide bonds. The maximum absolute atomic E-state index is 13.1. The Balaban J connectivity index is 1.48. The summed E-state index contributed by atoms with van der Waals surface area (Å²) in [6, 6.07) is 14.2. The minimum Gasteiger partial charge on any atom is -0.338 e. The molecule has 2 aromatic carbocycles. The molecular formula is C23H22FN3O. The second-order valence-corrected chi connectivity index (χ2v) is 7.31. The van der Waals surface area contributed by atoms with Gasteiger partial charge in [0.2, 0.25) is 0 Å². The molecule has 1 saturated heterocycles. The third-order valence-electron chi connectivity index (χ3n) is 5.30. The molecule has 1 aliphatic rings. The van der Waals surface area contributed by atoms with Gasteiger partial charge >= 0.3 is 0 Å². The van der Waals surface area contributed by atoms with Crippen LogP contribution in [0.2, 0.25) is 0 Å². The number of hydrogen-bond acceptors (Lipinski definition) is 3. The Morgan fingerprint density at radius 3 is 2.50 bits per heavy atom. The van der Waals surface area contributed by atoms with Crippen molar-refractivity contribution in [3.05, 3.63) is 83.1 Å². The number of halogens is 1. The molecule has 0 aliphatic carbocycles. The number of rotatable bonds is 3. The SMILES string of the molecule is Cc1cnc(C)c(-c2ccc(C(=O)N3CC[C@H](c4ccc(F)cc4)C3)cc2)n1. The highest BCUT2D eigenvalue weighted by atomic mass is 19.1. The van der Waals surface area contributed by atoms with E-state index in [4.69, 9.17) is 0 Å². The van der Waals surface area contributed by atoms with Gasteiger partial charge in [-0.25, -0.2) is 9.37 Å². The number of likely N-dealkylation sites (tertiary alicyclic amines) is 1. The molecule has 1 fully saturated rings. The van der Waals surface area contributed by atoms with Crippen LogP contribution in [-0.4, -0.2) is 33.9 Å². The Morgan fingerprint density at radius 2 is 1.79 bits per heavy atom. The van der Waals surface area contributed by atoms with Crippen molar-refractivity contribution in [3.63, 3.8) is 0 Å². The predicted octanol–water partition coefficient (Wildman–Crippen LogP) is 4.53. The van der Waals surface area contributed by atoms with Gasteiger partial charge in [-0.2, -0.15) is 0 Å². The summed E-state index contributed by atoms with van der Waals surface area (Å²) in [5, 5.41) is 0. The number of carbonyl (C=O) groups excluding carboxylic acids is 1. The Kier molecular flexibility index (Phi) is 4.90. The largest absolute Gasteiger partial charge is 0.338 e. The number of nitrogens with zero attached hydrogens (tertiary/aromatic N) is 3. The van der Waals surface area contributed by atoms with Crippen LogP contribution in [0, 0.1) is 19.7 Å². The lowest BCUT2D eigenvalue weighted by Crippen LogP contribution is -2.28. The Labute approximate surface area is 164 Å². The quantitative estimate of drug-likeness (QED) is 0.676. The summed E-state index contributed by atoms with van der Waals surface area (Å²) in [5.41, 5.74) is 5.28. The first-order valence-electron chi connectivity index (χ1n) is 9.46. The lowest BCUT2D eigenvalue weighted by atomic mass is 9.98. The minimum absolute atomic E-state index is 0.0308. The van der Waals surface area contributed by atoms with Gasteiger partial charge in [-0.15, -0.1) is 0 Å². The van der Waals surface area contributed by atoms with Gasteiger partial charge in [-0.3, -0.25) is 9.78 Å². The first-order valence-corrected chi connectivity index (χ1v) is 9.46. The van der Waals surface area contributed by atoms with Gasteiger partial charge in [0.25, 0.3) is 5.91 Å². The van der Waals surface area contributed by atoms with Crippen LogP contribution in [0.15, 0.2) is 54.7 Å². The van der Waals surface area contributed by atoms with Crippen molar-refractivity contribution in [3.8, 4) is 11.3 Å². The van der Waals surface area contributed by atoms with Crippen LogP contribution in [0.25, 0.3) is 11.3 Å². The van der Waals surface area contributed by atoms with Crippen LogP contribution in [-0.2, 0) is 0 Å². The lowest BCUT2D eigenvalue weighted by molar-refractivity contribution is 0.0791. The van der Waals surface area contributed by atoms with E-state index in [2.05, 4.69) is 9.97 Å². The average Bonchev–Trinajstić information content (AvgIpc) is 3.20. The van der Waals surface area contributed by atoms with E-state index in [1.54, 1.807) is 6.20 Å².